The van der Waals surface area contributed by atoms with Crippen molar-refractivity contribution >= 4 is 68.9 Å². The summed E-state index contributed by atoms with van der Waals surface area (Å²) in [7, 11) is -3.92. The molecule has 52 heavy (non-hydrogen) atoms. The fraction of sp³-hybridized carbons (Fsp3) is 0.417. The van der Waals surface area contributed by atoms with Crippen molar-refractivity contribution in [2.75, 3.05) is 24.2 Å². The lowest BCUT2D eigenvalue weighted by Crippen LogP contribution is -2.54. The van der Waals surface area contributed by atoms with E-state index in [1.165, 1.54) is 34.2 Å². The first-order chi connectivity index (χ1) is 24.9. The number of ether oxygens (including phenoxy) is 1. The second-order valence-corrected chi connectivity index (χ2v) is 16.6. The minimum atomic E-state index is -3.92. The first-order valence-electron chi connectivity index (χ1n) is 17.1. The van der Waals surface area contributed by atoms with Gasteiger partial charge in [0, 0.05) is 29.5 Å². The maximum absolute atomic E-state index is 13.3. The monoisotopic (exact) mass is 789 g/mol. The first kappa shape index (κ1) is 39.9. The molecular formula is C36H44ClN5O7S3. The van der Waals surface area contributed by atoms with E-state index in [2.05, 4.69) is 32.2 Å². The van der Waals surface area contributed by atoms with E-state index in [1.54, 1.807) is 26.0 Å². The van der Waals surface area contributed by atoms with Gasteiger partial charge in [-0.25, -0.2) is 22.7 Å². The highest BCUT2D eigenvalue weighted by Crippen LogP contribution is 2.37. The van der Waals surface area contributed by atoms with Crippen LogP contribution in [0.1, 0.15) is 49.8 Å². The lowest BCUT2D eigenvalue weighted by molar-refractivity contribution is -0.150. The molecule has 1 saturated heterocycles. The molecular weight excluding hydrogens is 746 g/mol. The third-order valence-corrected chi connectivity index (χ3v) is 12.7. The fourth-order valence-corrected chi connectivity index (χ4v) is 9.53. The Bertz CT molecular complexity index is 1820. The van der Waals surface area contributed by atoms with Crippen molar-refractivity contribution < 1.29 is 32.6 Å². The molecule has 5 N–H and O–H groups in total. The number of carbonyl (C=O) groups is 3. The summed E-state index contributed by atoms with van der Waals surface area (Å²) in [5, 5.41) is 16.1. The Morgan fingerprint density at radius 1 is 1.10 bits per heavy atom. The van der Waals surface area contributed by atoms with Gasteiger partial charge < -0.3 is 20.1 Å². The minimum absolute atomic E-state index is 0.000656. The minimum Gasteiger partial charge on any atom is -0.480 e. The van der Waals surface area contributed by atoms with Crippen molar-refractivity contribution in [3.63, 3.8) is 0 Å². The number of nitrogens with zero attached hydrogens (tertiary/aromatic N) is 1. The Balaban J connectivity index is 1.11. The molecule has 3 aromatic rings. The summed E-state index contributed by atoms with van der Waals surface area (Å²) in [5.41, 5.74) is 3.74. The molecule has 1 unspecified atom stereocenters. The Morgan fingerprint density at radius 2 is 1.83 bits per heavy atom. The first-order valence-corrected chi connectivity index (χ1v) is 21.0. The predicted molar refractivity (Wildman–Crippen MR) is 205 cm³/mol. The molecule has 16 heteroatoms. The number of benzene rings is 3. The van der Waals surface area contributed by atoms with E-state index in [0.29, 0.717) is 30.9 Å². The lowest BCUT2D eigenvalue weighted by atomic mass is 10.1. The van der Waals surface area contributed by atoms with E-state index in [-0.39, 0.29) is 35.1 Å². The van der Waals surface area contributed by atoms with Crippen molar-refractivity contribution in [1.82, 2.24) is 19.7 Å². The van der Waals surface area contributed by atoms with Gasteiger partial charge in [-0.2, -0.15) is 11.8 Å². The molecule has 4 atom stereocenters. The summed E-state index contributed by atoms with van der Waals surface area (Å²) in [6.45, 7) is 3.95. The average molecular weight is 790 g/mol. The van der Waals surface area contributed by atoms with Crippen LogP contribution in [0.4, 0.5) is 5.69 Å². The van der Waals surface area contributed by atoms with Crippen LogP contribution in [-0.4, -0.2) is 79.5 Å². The zero-order valence-electron chi connectivity index (χ0n) is 29.0. The van der Waals surface area contributed by atoms with Crippen LogP contribution in [0.2, 0.25) is 5.02 Å². The number of nitrogens with one attached hydrogen (secondary N) is 4. The molecule has 3 aromatic carbocycles. The zero-order chi connectivity index (χ0) is 37.3. The predicted octanol–water partition coefficient (Wildman–Crippen LogP) is 5.02. The number of anilines is 1. The van der Waals surface area contributed by atoms with Crippen LogP contribution in [0, 0.1) is 0 Å². The molecule has 5 rings (SSSR count). The van der Waals surface area contributed by atoms with Gasteiger partial charge in [0.1, 0.15) is 17.0 Å². The number of halogens is 1. The molecule has 0 spiro atoms. The van der Waals surface area contributed by atoms with Crippen molar-refractivity contribution in [2.45, 2.75) is 85.9 Å². The number of aryl methyl sites for hydroxylation is 1. The summed E-state index contributed by atoms with van der Waals surface area (Å²) in [6.07, 6.45) is 2.76. The van der Waals surface area contributed by atoms with Crippen molar-refractivity contribution in [3.05, 3.63) is 88.4 Å². The second-order valence-electron chi connectivity index (χ2n) is 12.6. The highest BCUT2D eigenvalue weighted by Gasteiger charge is 2.37. The molecule has 12 nitrogen and oxygen atoms in total. The van der Waals surface area contributed by atoms with Crippen LogP contribution >= 0.6 is 35.3 Å². The number of sulfonamides is 1. The van der Waals surface area contributed by atoms with Crippen LogP contribution in [0.3, 0.4) is 0 Å². The number of hydrogen-bond acceptors (Lipinski definition) is 11. The quantitative estimate of drug-likeness (QED) is 0.0918. The van der Waals surface area contributed by atoms with Gasteiger partial charge >= 0.3 is 11.9 Å². The number of carboxylic acid groups (broad SMARTS) is 1. The number of carbonyl (C=O) groups excluding carboxylic acids is 2. The lowest BCUT2D eigenvalue weighted by Gasteiger charge is -2.28. The molecule has 2 aliphatic heterocycles. The van der Waals surface area contributed by atoms with Crippen LogP contribution in [0.5, 0.6) is 0 Å². The third-order valence-electron chi connectivity index (χ3n) is 8.79. The molecule has 0 aromatic heterocycles. The third kappa shape index (κ3) is 10.6. The molecule has 0 saturated carbocycles. The van der Waals surface area contributed by atoms with Gasteiger partial charge in [0.05, 0.1) is 29.5 Å². The number of esters is 1. The highest BCUT2D eigenvalue weighted by atomic mass is 35.5. The van der Waals surface area contributed by atoms with Crippen LogP contribution in [0.15, 0.2) is 76.5 Å². The maximum Gasteiger partial charge on any atom is 0.326 e. The molecule has 0 bridgehead atoms. The van der Waals surface area contributed by atoms with E-state index in [1.807, 2.05) is 42.5 Å². The number of amides is 1. The number of rotatable bonds is 17. The molecule has 2 aliphatic rings. The van der Waals surface area contributed by atoms with Gasteiger partial charge in [0.15, 0.2) is 0 Å². The van der Waals surface area contributed by atoms with Crippen LogP contribution in [-0.2, 0) is 47.9 Å². The summed E-state index contributed by atoms with van der Waals surface area (Å²) < 4.78 is 37.8. The summed E-state index contributed by atoms with van der Waals surface area (Å²) in [4.78, 5) is 39.4. The maximum atomic E-state index is 13.3. The molecule has 2 heterocycles. The van der Waals surface area contributed by atoms with E-state index >= 15 is 0 Å². The number of fused-ring (bicyclic) bond motifs is 1. The van der Waals surface area contributed by atoms with Crippen LogP contribution in [0.25, 0.3) is 0 Å². The molecule has 0 radical (unpaired) electrons. The molecule has 1 amide bonds. The fourth-order valence-electron chi connectivity index (χ4n) is 6.02. The van der Waals surface area contributed by atoms with Gasteiger partial charge in [0.2, 0.25) is 15.9 Å². The highest BCUT2D eigenvalue weighted by molar-refractivity contribution is 7.98. The smallest absolute Gasteiger partial charge is 0.326 e. The number of carboxylic acids is 1. The molecule has 0 aliphatic carbocycles. The van der Waals surface area contributed by atoms with Gasteiger partial charge in [-0.05, 0) is 80.3 Å². The summed E-state index contributed by atoms with van der Waals surface area (Å²) in [5.74, 6) is -1.01. The van der Waals surface area contributed by atoms with Crippen molar-refractivity contribution in [2.24, 2.45) is 0 Å². The zero-order valence-corrected chi connectivity index (χ0v) is 32.2. The van der Waals surface area contributed by atoms with Crippen molar-refractivity contribution in [3.8, 4) is 0 Å². The van der Waals surface area contributed by atoms with E-state index in [4.69, 9.17) is 16.3 Å². The normalized spacial score (nSPS) is 18.2. The SMILES string of the molecule is CCOC(=O)[C@@H](CSCc1ccc(CNS(=O)(=O)c2cc3c(cc2Cl)NC(CCc2ccccc2)NS3)cc1)N[C@@H](C)C(=O)N1CCC[C@H]1C(=O)O. The standard InChI is InChI=1S/C36H44ClN5O7S3/c1-3-49-36(46)29(39-23(2)34(43)42-17-7-10-30(42)35(44)45)22-50-21-26-13-11-25(12-14-26)20-38-52(47,48)32-19-31-28(18-27(32)37)40-33(41-51-31)16-15-24-8-5-4-6-9-24/h4-6,8-9,11-14,18-19,23,29-30,33,38-41H,3,7,10,15-17,20-22H2,1-2H3,(H,44,45)/t23-,29+,30-,33?/m0/s1. The van der Waals surface area contributed by atoms with Gasteiger partial charge in [-0.1, -0.05) is 66.2 Å². The molecule has 1 fully saturated rings. The number of likely N-dealkylation sites (tertiary alicyclic amines) is 1. The topological polar surface area (TPSA) is 166 Å². The second kappa shape index (κ2) is 18.6. The summed E-state index contributed by atoms with van der Waals surface area (Å²) >= 11 is 9.35. The number of aliphatic carboxylic acids is 1. The van der Waals surface area contributed by atoms with E-state index in [0.717, 1.165) is 34.6 Å². The Kier molecular flexibility index (Phi) is 14.3. The number of thioether (sulfide) groups is 1. The number of hydrogen-bond donors (Lipinski definition) is 5. The van der Waals surface area contributed by atoms with Gasteiger partial charge in [-0.3, -0.25) is 14.9 Å². The van der Waals surface area contributed by atoms with Crippen molar-refractivity contribution in [1.29, 1.82) is 0 Å². The van der Waals surface area contributed by atoms with Gasteiger partial charge in [-0.15, -0.1) is 0 Å². The Morgan fingerprint density at radius 3 is 2.54 bits per heavy atom. The van der Waals surface area contributed by atoms with Crippen LogP contribution < -0.4 is 20.1 Å². The average Bonchev–Trinajstić information content (AvgIpc) is 3.64. The van der Waals surface area contributed by atoms with E-state index < -0.39 is 40.1 Å². The van der Waals surface area contributed by atoms with E-state index in [9.17, 15) is 27.9 Å². The summed E-state index contributed by atoms with van der Waals surface area (Å²) in [6, 6.07) is 18.5. The Hall–Kier alpha value is -3.31. The van der Waals surface area contributed by atoms with Gasteiger partial charge in [0.25, 0.3) is 0 Å². The molecule has 280 valence electrons. The largest absolute Gasteiger partial charge is 0.480 e. The Labute approximate surface area is 318 Å².